The van der Waals surface area contributed by atoms with Crippen molar-refractivity contribution >= 4 is 45.7 Å². The zero-order valence-electron chi connectivity index (χ0n) is 16.8. The van der Waals surface area contributed by atoms with Gasteiger partial charge in [0.1, 0.15) is 5.82 Å². The number of halogens is 2. The molecule has 30 heavy (non-hydrogen) atoms. The van der Waals surface area contributed by atoms with Crippen molar-refractivity contribution in [3.8, 4) is 0 Å². The molecule has 0 spiro atoms. The average molecular weight is 548 g/mol. The van der Waals surface area contributed by atoms with E-state index in [0.29, 0.717) is 35.7 Å². The van der Waals surface area contributed by atoms with Gasteiger partial charge in [-0.2, -0.15) is 0 Å². The summed E-state index contributed by atoms with van der Waals surface area (Å²) in [5.74, 6) is -0.318. The van der Waals surface area contributed by atoms with Crippen LogP contribution in [0.4, 0.5) is 4.39 Å². The Kier molecular flexibility index (Phi) is 10.7. The minimum atomic E-state index is -3.24. The number of carbonyl (C=O) groups excluding carboxylic acids is 1. The van der Waals surface area contributed by atoms with Gasteiger partial charge in [0.05, 0.1) is 5.75 Å². The first-order chi connectivity index (χ1) is 13.8. The second-order valence-electron chi connectivity index (χ2n) is 6.46. The van der Waals surface area contributed by atoms with E-state index in [1.807, 2.05) is 6.07 Å². The molecule has 0 radical (unpaired) electrons. The Balaban J connectivity index is 0.00000450. The Hall–Kier alpha value is -2.21. The van der Waals surface area contributed by atoms with Crippen LogP contribution in [0.1, 0.15) is 21.5 Å². The third-order valence-corrected chi connectivity index (χ3v) is 4.83. The normalized spacial score (nSPS) is 11.4. The molecule has 0 aliphatic heterocycles. The summed E-state index contributed by atoms with van der Waals surface area (Å²) < 4.78 is 36.7. The molecule has 0 aliphatic carbocycles. The lowest BCUT2D eigenvalue weighted by Gasteiger charge is -2.14. The quantitative estimate of drug-likeness (QED) is 0.203. The fourth-order valence-electron chi connectivity index (χ4n) is 2.63. The summed E-state index contributed by atoms with van der Waals surface area (Å²) in [6, 6.07) is 12.9. The van der Waals surface area contributed by atoms with Gasteiger partial charge in [-0.15, -0.1) is 24.0 Å². The summed E-state index contributed by atoms with van der Waals surface area (Å²) in [4.78, 5) is 16.1. The monoisotopic (exact) mass is 548 g/mol. The lowest BCUT2D eigenvalue weighted by molar-refractivity contribution is 0.0954. The van der Waals surface area contributed by atoms with E-state index in [1.54, 1.807) is 31.3 Å². The van der Waals surface area contributed by atoms with Crippen LogP contribution in [-0.4, -0.2) is 46.7 Å². The van der Waals surface area contributed by atoms with Gasteiger partial charge in [-0.3, -0.25) is 9.79 Å². The minimum Gasteiger partial charge on any atom is -0.355 e. The Morgan fingerprint density at radius 3 is 2.30 bits per heavy atom. The van der Waals surface area contributed by atoms with E-state index >= 15 is 0 Å². The predicted molar refractivity (Wildman–Crippen MR) is 127 cm³/mol. The largest absolute Gasteiger partial charge is 0.355 e. The number of benzene rings is 2. The van der Waals surface area contributed by atoms with Crippen molar-refractivity contribution in [1.82, 2.24) is 16.0 Å². The highest BCUT2D eigenvalue weighted by molar-refractivity contribution is 14.0. The van der Waals surface area contributed by atoms with Gasteiger partial charge in [0.25, 0.3) is 5.91 Å². The van der Waals surface area contributed by atoms with Crippen molar-refractivity contribution in [3.05, 3.63) is 71.0 Å². The molecule has 0 heterocycles. The Labute approximate surface area is 193 Å². The first kappa shape index (κ1) is 25.8. The summed E-state index contributed by atoms with van der Waals surface area (Å²) >= 11 is 0. The molecule has 0 aromatic heterocycles. The summed E-state index contributed by atoms with van der Waals surface area (Å²) in [5, 5.41) is 8.86. The number of hydrogen-bond acceptors (Lipinski definition) is 4. The second-order valence-corrected chi connectivity index (χ2v) is 8.60. The molecular weight excluding hydrogens is 522 g/mol. The zero-order chi connectivity index (χ0) is 21.3. The van der Waals surface area contributed by atoms with Crippen LogP contribution < -0.4 is 16.0 Å². The highest BCUT2D eigenvalue weighted by Gasteiger charge is 2.11. The molecule has 1 amide bonds. The zero-order valence-corrected chi connectivity index (χ0v) is 20.0. The van der Waals surface area contributed by atoms with Crippen LogP contribution in [-0.2, 0) is 22.1 Å². The number of hydrogen-bond donors (Lipinski definition) is 3. The fraction of sp³-hybridized carbons (Fsp3) is 0.300. The predicted octanol–water partition coefficient (Wildman–Crippen LogP) is 2.08. The van der Waals surface area contributed by atoms with Gasteiger partial charge in [-0.25, -0.2) is 12.8 Å². The molecule has 7 nitrogen and oxygen atoms in total. The maximum Gasteiger partial charge on any atom is 0.251 e. The van der Waals surface area contributed by atoms with Gasteiger partial charge in [0.15, 0.2) is 15.8 Å². The number of amides is 1. The molecule has 0 unspecified atom stereocenters. The van der Waals surface area contributed by atoms with Gasteiger partial charge >= 0.3 is 0 Å². The number of sulfone groups is 1. The van der Waals surface area contributed by atoms with E-state index < -0.39 is 15.7 Å². The Morgan fingerprint density at radius 2 is 1.67 bits per heavy atom. The molecule has 0 saturated carbocycles. The number of carbonyl (C=O) groups is 1. The lowest BCUT2D eigenvalue weighted by Crippen LogP contribution is -2.41. The molecule has 0 fully saturated rings. The van der Waals surface area contributed by atoms with E-state index in [9.17, 15) is 17.6 Å². The molecule has 0 aliphatic rings. The Morgan fingerprint density at radius 1 is 1.00 bits per heavy atom. The van der Waals surface area contributed by atoms with Crippen LogP contribution in [0.3, 0.4) is 0 Å². The van der Waals surface area contributed by atoms with Crippen molar-refractivity contribution in [2.45, 2.75) is 12.3 Å². The molecule has 0 atom stereocenters. The Bertz CT molecular complexity index is 969. The van der Waals surface area contributed by atoms with Crippen molar-refractivity contribution in [2.75, 3.05) is 26.4 Å². The van der Waals surface area contributed by atoms with Crippen LogP contribution in [0.25, 0.3) is 0 Å². The molecule has 2 rings (SSSR count). The van der Waals surface area contributed by atoms with Gasteiger partial charge in [-0.1, -0.05) is 24.3 Å². The number of nitrogens with one attached hydrogen (secondary N) is 3. The van der Waals surface area contributed by atoms with E-state index in [-0.39, 0.29) is 42.2 Å². The number of guanidine groups is 1. The van der Waals surface area contributed by atoms with E-state index in [1.165, 1.54) is 18.2 Å². The summed E-state index contributed by atoms with van der Waals surface area (Å²) in [6.07, 6.45) is 1.14. The topological polar surface area (TPSA) is 99.7 Å². The van der Waals surface area contributed by atoms with Gasteiger partial charge in [-0.05, 0) is 35.4 Å². The average Bonchev–Trinajstić information content (AvgIpc) is 2.68. The smallest absolute Gasteiger partial charge is 0.251 e. The van der Waals surface area contributed by atoms with Crippen molar-refractivity contribution in [3.63, 3.8) is 0 Å². The maximum atomic E-state index is 13.6. The number of aliphatic imine (C=N–C) groups is 1. The summed E-state index contributed by atoms with van der Waals surface area (Å²) in [7, 11) is -1.66. The van der Waals surface area contributed by atoms with Gasteiger partial charge < -0.3 is 16.0 Å². The van der Waals surface area contributed by atoms with Crippen LogP contribution in [0.5, 0.6) is 0 Å². The first-order valence-corrected chi connectivity index (χ1v) is 11.1. The molecule has 0 saturated heterocycles. The van der Waals surface area contributed by atoms with E-state index in [0.717, 1.165) is 6.26 Å². The van der Waals surface area contributed by atoms with Crippen molar-refractivity contribution in [2.24, 2.45) is 4.99 Å². The van der Waals surface area contributed by atoms with Gasteiger partial charge in [0, 0.05) is 38.5 Å². The van der Waals surface area contributed by atoms with Crippen LogP contribution in [0, 0.1) is 5.82 Å². The summed E-state index contributed by atoms with van der Waals surface area (Å²) in [5.41, 5.74) is 1.65. The summed E-state index contributed by atoms with van der Waals surface area (Å²) in [6.45, 7) is 1.02. The van der Waals surface area contributed by atoms with Gasteiger partial charge in [0.2, 0.25) is 0 Å². The van der Waals surface area contributed by atoms with Crippen molar-refractivity contribution in [1.29, 1.82) is 0 Å². The van der Waals surface area contributed by atoms with Crippen LogP contribution in [0.2, 0.25) is 0 Å². The molecule has 0 bridgehead atoms. The third kappa shape index (κ3) is 9.08. The minimum absolute atomic E-state index is 0. The van der Waals surface area contributed by atoms with Crippen LogP contribution >= 0.6 is 24.0 Å². The SMILES string of the molecule is CN=C(NCCNC(=O)c1ccccc1)NCc1cc(F)ccc1CS(C)(=O)=O.I. The number of rotatable bonds is 8. The molecule has 10 heteroatoms. The lowest BCUT2D eigenvalue weighted by atomic mass is 10.1. The van der Waals surface area contributed by atoms with E-state index in [4.69, 9.17) is 0 Å². The molecular formula is C20H26FIN4O3S. The van der Waals surface area contributed by atoms with Crippen molar-refractivity contribution < 1.29 is 17.6 Å². The highest BCUT2D eigenvalue weighted by Crippen LogP contribution is 2.14. The molecule has 164 valence electrons. The fourth-order valence-corrected chi connectivity index (χ4v) is 3.48. The first-order valence-electron chi connectivity index (χ1n) is 9.01. The third-order valence-electron chi connectivity index (χ3n) is 3.99. The molecule has 2 aromatic rings. The molecule has 2 aromatic carbocycles. The molecule has 3 N–H and O–H groups in total. The van der Waals surface area contributed by atoms with Crippen LogP contribution in [0.15, 0.2) is 53.5 Å². The standard InChI is InChI=1S/C20H25FN4O3S.HI/c1-22-20(24-11-10-23-19(26)15-6-4-3-5-7-15)25-13-17-12-18(21)9-8-16(17)14-29(2,27)28;/h3-9,12H,10-11,13-14H2,1-2H3,(H,23,26)(H2,22,24,25);1H. The van der Waals surface area contributed by atoms with E-state index in [2.05, 4.69) is 20.9 Å². The highest BCUT2D eigenvalue weighted by atomic mass is 127. The second kappa shape index (κ2) is 12.5. The number of nitrogens with zero attached hydrogens (tertiary/aromatic N) is 1. The maximum absolute atomic E-state index is 13.6.